The van der Waals surface area contributed by atoms with E-state index in [0.29, 0.717) is 0 Å². The lowest BCUT2D eigenvalue weighted by atomic mass is 9.83. The largest absolute Gasteiger partial charge is 0.421 e. The van der Waals surface area contributed by atoms with Gasteiger partial charge in [-0.3, -0.25) is 4.79 Å². The van der Waals surface area contributed by atoms with Crippen LogP contribution < -0.4 is 0 Å². The topological polar surface area (TPSA) is 20.3 Å². The maximum atomic E-state index is 13.2. The van der Waals surface area contributed by atoms with Crippen molar-refractivity contribution >= 4 is 5.91 Å². The number of hydrogen-bond acceptors (Lipinski definition) is 1. The minimum absolute atomic E-state index is 0.0162. The van der Waals surface area contributed by atoms with Gasteiger partial charge in [-0.1, -0.05) is 19.1 Å². The number of hydrogen-bond donors (Lipinski definition) is 0. The first-order valence-corrected chi connectivity index (χ1v) is 5.71. The second kappa shape index (κ2) is 3.89. The van der Waals surface area contributed by atoms with Crippen molar-refractivity contribution in [1.82, 2.24) is 4.90 Å². The van der Waals surface area contributed by atoms with E-state index >= 15 is 0 Å². The Morgan fingerprint density at radius 2 is 1.74 bits per heavy atom. The summed E-state index contributed by atoms with van der Waals surface area (Å²) in [6.07, 6.45) is -9.67. The highest BCUT2D eigenvalue weighted by atomic mass is 19.4. The van der Waals surface area contributed by atoms with Crippen molar-refractivity contribution in [2.75, 3.05) is 0 Å². The van der Waals surface area contributed by atoms with Crippen LogP contribution in [-0.4, -0.2) is 34.7 Å². The Hall–Kier alpha value is -1.21. The second-order valence-corrected chi connectivity index (χ2v) is 4.67. The minimum Gasteiger partial charge on any atom is -0.313 e. The number of carbonyl (C=O) groups excluding carboxylic acids is 1. The minimum atomic E-state index is -5.56. The van der Waals surface area contributed by atoms with Crippen LogP contribution in [0.25, 0.3) is 0 Å². The first-order chi connectivity index (χ1) is 8.57. The SMILES string of the molecule is CCC(=O)N1[C@@H]2C=C[C@@H](C2)C1(C(F)(F)F)C(F)(F)F. The summed E-state index contributed by atoms with van der Waals surface area (Å²) in [4.78, 5) is 11.6. The van der Waals surface area contributed by atoms with Crippen molar-refractivity contribution in [3.8, 4) is 0 Å². The van der Waals surface area contributed by atoms with Crippen molar-refractivity contribution in [3.63, 3.8) is 0 Å². The first-order valence-electron chi connectivity index (χ1n) is 5.71. The number of alkyl halides is 6. The molecule has 0 radical (unpaired) electrons. The average Bonchev–Trinajstić information content (AvgIpc) is 2.83. The summed E-state index contributed by atoms with van der Waals surface area (Å²) in [5, 5.41) is 0. The van der Waals surface area contributed by atoms with Crippen molar-refractivity contribution in [1.29, 1.82) is 0 Å². The zero-order valence-corrected chi connectivity index (χ0v) is 9.85. The maximum absolute atomic E-state index is 13.2. The Morgan fingerprint density at radius 1 is 1.21 bits per heavy atom. The fraction of sp³-hybridized carbons (Fsp3) is 0.727. The summed E-state index contributed by atoms with van der Waals surface area (Å²) in [5.41, 5.74) is -4.08. The standard InChI is InChI=1S/C11H11F6NO/c1-2-8(19)18-7-4-3-6(5-7)9(18,10(12,13)14)11(15,16)17/h3-4,6-7H,2,5H2,1H3/t6-,7+/m0/s1. The van der Waals surface area contributed by atoms with Gasteiger partial charge >= 0.3 is 12.4 Å². The highest BCUT2D eigenvalue weighted by molar-refractivity contribution is 5.79. The Morgan fingerprint density at radius 3 is 2.16 bits per heavy atom. The second-order valence-electron chi connectivity index (χ2n) is 4.67. The van der Waals surface area contributed by atoms with E-state index in [1.54, 1.807) is 0 Å². The molecule has 0 aromatic heterocycles. The monoisotopic (exact) mass is 287 g/mol. The van der Waals surface area contributed by atoms with Gasteiger partial charge in [0.2, 0.25) is 11.4 Å². The Balaban J connectivity index is 2.64. The number of rotatable bonds is 1. The Bertz CT molecular complexity index is 410. The Labute approximate surface area is 105 Å². The summed E-state index contributed by atoms with van der Waals surface area (Å²) in [6, 6.07) is -1.12. The molecule has 1 saturated heterocycles. The quantitative estimate of drug-likeness (QED) is 0.536. The van der Waals surface area contributed by atoms with Gasteiger partial charge in [0.25, 0.3) is 0 Å². The van der Waals surface area contributed by atoms with E-state index in [0.717, 1.165) is 6.08 Å². The number of likely N-dealkylation sites (tertiary alicyclic amines) is 1. The van der Waals surface area contributed by atoms with Crippen molar-refractivity contribution in [3.05, 3.63) is 12.2 Å². The van der Waals surface area contributed by atoms with E-state index in [-0.39, 0.29) is 11.3 Å². The van der Waals surface area contributed by atoms with Gasteiger partial charge in [0.1, 0.15) is 0 Å². The fourth-order valence-corrected chi connectivity index (χ4v) is 3.03. The zero-order chi connectivity index (χ0) is 14.6. The van der Waals surface area contributed by atoms with Gasteiger partial charge in [-0.15, -0.1) is 0 Å². The van der Waals surface area contributed by atoms with Crippen LogP contribution in [-0.2, 0) is 4.79 Å². The number of carbonyl (C=O) groups is 1. The molecule has 0 aromatic rings. The molecule has 19 heavy (non-hydrogen) atoms. The molecule has 2 atom stereocenters. The van der Waals surface area contributed by atoms with Gasteiger partial charge in [-0.2, -0.15) is 26.3 Å². The third-order valence-electron chi connectivity index (χ3n) is 3.74. The number of nitrogens with zero attached hydrogens (tertiary/aromatic N) is 1. The fourth-order valence-electron chi connectivity index (χ4n) is 3.03. The van der Waals surface area contributed by atoms with E-state index in [2.05, 4.69) is 0 Å². The van der Waals surface area contributed by atoms with Crippen molar-refractivity contribution in [2.24, 2.45) is 5.92 Å². The third-order valence-corrected chi connectivity index (χ3v) is 3.74. The van der Waals surface area contributed by atoms with Crippen LogP contribution in [0.3, 0.4) is 0 Å². The Kier molecular flexibility index (Phi) is 2.91. The molecule has 1 aliphatic heterocycles. The van der Waals surface area contributed by atoms with E-state index in [1.807, 2.05) is 0 Å². The molecule has 0 spiro atoms. The molecule has 1 heterocycles. The van der Waals surface area contributed by atoms with Crippen LogP contribution in [0.5, 0.6) is 0 Å². The summed E-state index contributed by atoms with van der Waals surface area (Å²) >= 11 is 0. The summed E-state index contributed by atoms with van der Waals surface area (Å²) < 4.78 is 79.0. The molecule has 0 saturated carbocycles. The predicted molar refractivity (Wildman–Crippen MR) is 53.0 cm³/mol. The van der Waals surface area contributed by atoms with E-state index < -0.39 is 42.2 Å². The molecule has 1 fully saturated rings. The molecule has 0 unspecified atom stereocenters. The average molecular weight is 287 g/mol. The van der Waals surface area contributed by atoms with E-state index in [4.69, 9.17) is 0 Å². The normalized spacial score (nSPS) is 29.1. The highest BCUT2D eigenvalue weighted by Crippen LogP contribution is 2.60. The molecule has 2 bridgehead atoms. The van der Waals surface area contributed by atoms with Crippen molar-refractivity contribution in [2.45, 2.75) is 43.7 Å². The molecule has 0 aromatic carbocycles. The lowest BCUT2D eigenvalue weighted by molar-refractivity contribution is -0.339. The lowest BCUT2D eigenvalue weighted by Gasteiger charge is -2.46. The predicted octanol–water partition coefficient (Wildman–Crippen LogP) is 3.05. The zero-order valence-electron chi connectivity index (χ0n) is 9.85. The van der Waals surface area contributed by atoms with Gasteiger partial charge in [0.15, 0.2) is 0 Å². The molecule has 2 nitrogen and oxygen atoms in total. The summed E-state index contributed by atoms with van der Waals surface area (Å²) in [7, 11) is 0. The van der Waals surface area contributed by atoms with Crippen LogP contribution in [0.1, 0.15) is 19.8 Å². The van der Waals surface area contributed by atoms with Gasteiger partial charge in [-0.05, 0) is 6.42 Å². The molecule has 0 N–H and O–H groups in total. The lowest BCUT2D eigenvalue weighted by Crippen LogP contribution is -2.70. The number of fused-ring (bicyclic) bond motifs is 2. The molecule has 2 rings (SSSR count). The highest BCUT2D eigenvalue weighted by Gasteiger charge is 2.81. The van der Waals surface area contributed by atoms with Crippen LogP contribution in [0.2, 0.25) is 0 Å². The summed E-state index contributed by atoms with van der Waals surface area (Å²) in [6.45, 7) is 1.25. The molecule has 2 aliphatic rings. The van der Waals surface area contributed by atoms with Gasteiger partial charge in [0.05, 0.1) is 6.04 Å². The molecular formula is C11H11F6NO. The molecule has 1 aliphatic carbocycles. The van der Waals surface area contributed by atoms with E-state index in [9.17, 15) is 31.1 Å². The van der Waals surface area contributed by atoms with Gasteiger partial charge in [-0.25, -0.2) is 0 Å². The molecule has 8 heteroatoms. The van der Waals surface area contributed by atoms with Crippen LogP contribution in [0.4, 0.5) is 26.3 Å². The van der Waals surface area contributed by atoms with Crippen LogP contribution in [0, 0.1) is 5.92 Å². The third kappa shape index (κ3) is 1.61. The van der Waals surface area contributed by atoms with E-state index in [1.165, 1.54) is 13.0 Å². The number of halogens is 6. The number of amides is 1. The first kappa shape index (κ1) is 14.2. The van der Waals surface area contributed by atoms with Crippen LogP contribution in [0.15, 0.2) is 12.2 Å². The smallest absolute Gasteiger partial charge is 0.313 e. The van der Waals surface area contributed by atoms with Crippen molar-refractivity contribution < 1.29 is 31.1 Å². The van der Waals surface area contributed by atoms with Gasteiger partial charge in [0, 0.05) is 12.3 Å². The molecular weight excluding hydrogens is 276 g/mol. The maximum Gasteiger partial charge on any atom is 0.421 e. The molecule has 1 amide bonds. The molecule has 108 valence electrons. The summed E-state index contributed by atoms with van der Waals surface area (Å²) in [5.74, 6) is -2.89. The van der Waals surface area contributed by atoms with Crippen LogP contribution >= 0.6 is 0 Å². The van der Waals surface area contributed by atoms with Gasteiger partial charge < -0.3 is 4.90 Å².